The fourth-order valence-electron chi connectivity index (χ4n) is 3.60. The standard InChI is InChI=1S/C16H24Cl2N2/c1-19-15(12-7-8-13(17)14(18)11-12)16(20(2)3)9-5-4-6-10-16/h7-8,11,15,19H,4-6,9-10H2,1-3H3. The van der Waals surface area contributed by atoms with Gasteiger partial charge in [0.1, 0.15) is 0 Å². The smallest absolute Gasteiger partial charge is 0.0595 e. The molecule has 1 fully saturated rings. The van der Waals surface area contributed by atoms with E-state index in [-0.39, 0.29) is 11.6 Å². The van der Waals surface area contributed by atoms with Gasteiger partial charge in [-0.1, -0.05) is 48.5 Å². The summed E-state index contributed by atoms with van der Waals surface area (Å²) in [6.07, 6.45) is 6.35. The van der Waals surface area contributed by atoms with Gasteiger partial charge in [0.25, 0.3) is 0 Å². The van der Waals surface area contributed by atoms with Gasteiger partial charge in [0, 0.05) is 5.54 Å². The molecule has 112 valence electrons. The maximum atomic E-state index is 6.21. The normalized spacial score (nSPS) is 20.1. The van der Waals surface area contributed by atoms with E-state index in [1.54, 1.807) is 0 Å². The van der Waals surface area contributed by atoms with Crippen LogP contribution in [0.3, 0.4) is 0 Å². The number of likely N-dealkylation sites (N-methyl/N-ethyl adjacent to an activating group) is 2. The molecule has 1 N–H and O–H groups in total. The van der Waals surface area contributed by atoms with Crippen LogP contribution in [0.4, 0.5) is 0 Å². The van der Waals surface area contributed by atoms with Gasteiger partial charge in [-0.05, 0) is 51.7 Å². The maximum Gasteiger partial charge on any atom is 0.0595 e. The van der Waals surface area contributed by atoms with Gasteiger partial charge in [-0.25, -0.2) is 0 Å². The zero-order valence-electron chi connectivity index (χ0n) is 12.5. The second-order valence-corrected chi connectivity index (χ2v) is 6.77. The minimum absolute atomic E-state index is 0.157. The van der Waals surface area contributed by atoms with E-state index < -0.39 is 0 Å². The number of nitrogens with one attached hydrogen (secondary N) is 1. The van der Waals surface area contributed by atoms with Crippen molar-refractivity contribution in [1.29, 1.82) is 0 Å². The van der Waals surface area contributed by atoms with Crippen LogP contribution in [-0.4, -0.2) is 31.6 Å². The Balaban J connectivity index is 2.39. The SMILES string of the molecule is CNC(c1ccc(Cl)c(Cl)c1)C1(N(C)C)CCCCC1. The van der Waals surface area contributed by atoms with Crippen LogP contribution in [0, 0.1) is 0 Å². The number of benzene rings is 1. The van der Waals surface area contributed by atoms with Gasteiger partial charge in [-0.3, -0.25) is 0 Å². The summed E-state index contributed by atoms with van der Waals surface area (Å²) in [6.45, 7) is 0. The molecule has 2 rings (SSSR count). The molecular formula is C16H24Cl2N2. The first-order valence-corrected chi connectivity index (χ1v) is 8.06. The largest absolute Gasteiger partial charge is 0.311 e. The summed E-state index contributed by atoms with van der Waals surface area (Å²) in [6, 6.07) is 6.27. The molecule has 1 aliphatic carbocycles. The second kappa shape index (κ2) is 6.65. The van der Waals surface area contributed by atoms with Crippen LogP contribution >= 0.6 is 23.2 Å². The molecule has 1 aromatic rings. The third kappa shape index (κ3) is 2.99. The molecule has 0 radical (unpaired) electrons. The Hall–Kier alpha value is -0.280. The molecule has 0 aliphatic heterocycles. The van der Waals surface area contributed by atoms with Gasteiger partial charge in [-0.15, -0.1) is 0 Å². The maximum absolute atomic E-state index is 6.21. The van der Waals surface area contributed by atoms with Gasteiger partial charge < -0.3 is 10.2 Å². The van der Waals surface area contributed by atoms with Crippen molar-refractivity contribution in [2.45, 2.75) is 43.7 Å². The predicted molar refractivity (Wildman–Crippen MR) is 87.8 cm³/mol. The molecule has 0 heterocycles. The summed E-state index contributed by atoms with van der Waals surface area (Å²) >= 11 is 12.3. The third-order valence-electron chi connectivity index (χ3n) is 4.71. The minimum atomic E-state index is 0.157. The van der Waals surface area contributed by atoms with Gasteiger partial charge in [0.05, 0.1) is 16.1 Å². The average molecular weight is 315 g/mol. The Labute approximate surface area is 132 Å². The Morgan fingerprint density at radius 3 is 2.25 bits per heavy atom. The van der Waals surface area contributed by atoms with Crippen LogP contribution in [0.5, 0.6) is 0 Å². The van der Waals surface area contributed by atoms with Crippen LogP contribution in [-0.2, 0) is 0 Å². The van der Waals surface area contributed by atoms with Crippen molar-refractivity contribution < 1.29 is 0 Å². The molecule has 1 saturated carbocycles. The highest BCUT2D eigenvalue weighted by Crippen LogP contribution is 2.42. The van der Waals surface area contributed by atoms with Crippen LogP contribution in [0.1, 0.15) is 43.7 Å². The summed E-state index contributed by atoms with van der Waals surface area (Å²) in [5.41, 5.74) is 1.38. The van der Waals surface area contributed by atoms with Gasteiger partial charge >= 0.3 is 0 Å². The predicted octanol–water partition coefficient (Wildman–Crippen LogP) is 4.52. The van der Waals surface area contributed by atoms with Crippen LogP contribution in [0.15, 0.2) is 18.2 Å². The number of rotatable bonds is 4. The molecule has 1 aliphatic rings. The van der Waals surface area contributed by atoms with Gasteiger partial charge in [-0.2, -0.15) is 0 Å². The van der Waals surface area contributed by atoms with Crippen molar-refractivity contribution in [2.75, 3.05) is 21.1 Å². The molecule has 1 atom stereocenters. The van der Waals surface area contributed by atoms with Crippen molar-refractivity contribution in [2.24, 2.45) is 0 Å². The van der Waals surface area contributed by atoms with E-state index in [2.05, 4.69) is 30.4 Å². The second-order valence-electron chi connectivity index (χ2n) is 5.95. The van der Waals surface area contributed by atoms with E-state index in [4.69, 9.17) is 23.2 Å². The summed E-state index contributed by atoms with van der Waals surface area (Å²) in [4.78, 5) is 2.38. The summed E-state index contributed by atoms with van der Waals surface area (Å²) in [5, 5.41) is 4.77. The lowest BCUT2D eigenvalue weighted by Gasteiger charge is -2.48. The van der Waals surface area contributed by atoms with Crippen molar-refractivity contribution in [3.8, 4) is 0 Å². The van der Waals surface area contributed by atoms with E-state index in [0.717, 1.165) is 0 Å². The first-order chi connectivity index (χ1) is 9.51. The Morgan fingerprint density at radius 1 is 1.10 bits per heavy atom. The molecule has 4 heteroatoms. The minimum Gasteiger partial charge on any atom is -0.311 e. The first kappa shape index (κ1) is 16.1. The molecule has 0 spiro atoms. The van der Waals surface area contributed by atoms with Crippen LogP contribution in [0.2, 0.25) is 10.0 Å². The number of nitrogens with zero attached hydrogens (tertiary/aromatic N) is 1. The topological polar surface area (TPSA) is 15.3 Å². The monoisotopic (exact) mass is 314 g/mol. The van der Waals surface area contributed by atoms with Crippen molar-refractivity contribution >= 4 is 23.2 Å². The molecule has 20 heavy (non-hydrogen) atoms. The lowest BCUT2D eigenvalue weighted by atomic mass is 9.73. The molecule has 2 nitrogen and oxygen atoms in total. The van der Waals surface area contributed by atoms with Crippen LogP contribution < -0.4 is 5.32 Å². The van der Waals surface area contributed by atoms with E-state index in [9.17, 15) is 0 Å². The molecule has 0 aromatic heterocycles. The van der Waals surface area contributed by atoms with Gasteiger partial charge in [0.15, 0.2) is 0 Å². The van der Waals surface area contributed by atoms with E-state index in [1.807, 2.05) is 19.2 Å². The zero-order chi connectivity index (χ0) is 14.8. The molecule has 0 amide bonds. The first-order valence-electron chi connectivity index (χ1n) is 7.31. The van der Waals surface area contributed by atoms with Crippen LogP contribution in [0.25, 0.3) is 0 Å². The fourth-order valence-corrected chi connectivity index (χ4v) is 3.90. The number of halogens is 2. The zero-order valence-corrected chi connectivity index (χ0v) is 14.1. The Kier molecular flexibility index (Phi) is 5.36. The molecule has 0 bridgehead atoms. The molecule has 1 aromatic carbocycles. The highest BCUT2D eigenvalue weighted by atomic mass is 35.5. The highest BCUT2D eigenvalue weighted by Gasteiger charge is 2.41. The van der Waals surface area contributed by atoms with E-state index in [0.29, 0.717) is 10.0 Å². The number of hydrogen-bond acceptors (Lipinski definition) is 2. The Bertz CT molecular complexity index is 454. The fraction of sp³-hybridized carbons (Fsp3) is 0.625. The van der Waals surface area contributed by atoms with E-state index in [1.165, 1.54) is 37.7 Å². The van der Waals surface area contributed by atoms with Gasteiger partial charge in [0.2, 0.25) is 0 Å². The summed E-state index contributed by atoms with van der Waals surface area (Å²) in [5.74, 6) is 0. The third-order valence-corrected chi connectivity index (χ3v) is 5.45. The van der Waals surface area contributed by atoms with E-state index >= 15 is 0 Å². The Morgan fingerprint density at radius 2 is 1.75 bits per heavy atom. The average Bonchev–Trinajstić information content (AvgIpc) is 2.44. The van der Waals surface area contributed by atoms with Crippen molar-refractivity contribution in [3.05, 3.63) is 33.8 Å². The summed E-state index contributed by atoms with van der Waals surface area (Å²) in [7, 11) is 6.41. The lowest BCUT2D eigenvalue weighted by molar-refractivity contribution is 0.0594. The molecule has 0 saturated heterocycles. The van der Waals surface area contributed by atoms with Crippen molar-refractivity contribution in [1.82, 2.24) is 10.2 Å². The van der Waals surface area contributed by atoms with Crippen molar-refractivity contribution in [3.63, 3.8) is 0 Å². The lowest BCUT2D eigenvalue weighted by Crippen LogP contribution is -2.54. The summed E-state index contributed by atoms with van der Waals surface area (Å²) < 4.78 is 0. The quantitative estimate of drug-likeness (QED) is 0.879. The molecular weight excluding hydrogens is 291 g/mol. The molecule has 1 unspecified atom stereocenters. The highest BCUT2D eigenvalue weighted by molar-refractivity contribution is 6.42. The number of hydrogen-bond donors (Lipinski definition) is 1.